The summed E-state index contributed by atoms with van der Waals surface area (Å²) in [6.45, 7) is 3.08. The number of piperazine rings is 1. The predicted molar refractivity (Wildman–Crippen MR) is 104 cm³/mol. The van der Waals surface area contributed by atoms with Crippen molar-refractivity contribution in [1.82, 2.24) is 15.2 Å². The molecule has 4 heteroatoms. The minimum Gasteiger partial charge on any atom is -0.314 e. The SMILES string of the molecule is c1ccc(CC(c2ccsc2)N2CCNCC2c2ccncc2)cc1. The van der Waals surface area contributed by atoms with Crippen LogP contribution in [0, 0.1) is 0 Å². The van der Waals surface area contributed by atoms with Crippen molar-refractivity contribution >= 4 is 11.3 Å². The second kappa shape index (κ2) is 7.91. The molecule has 1 aliphatic rings. The molecule has 1 N–H and O–H groups in total. The van der Waals surface area contributed by atoms with Crippen molar-refractivity contribution < 1.29 is 0 Å². The lowest BCUT2D eigenvalue weighted by Crippen LogP contribution is -2.47. The van der Waals surface area contributed by atoms with E-state index in [0.29, 0.717) is 12.1 Å². The van der Waals surface area contributed by atoms with Gasteiger partial charge < -0.3 is 5.32 Å². The van der Waals surface area contributed by atoms with E-state index < -0.39 is 0 Å². The third-order valence-electron chi connectivity index (χ3n) is 4.98. The summed E-state index contributed by atoms with van der Waals surface area (Å²) in [5, 5.41) is 8.06. The molecule has 25 heavy (non-hydrogen) atoms. The van der Waals surface area contributed by atoms with E-state index in [1.54, 1.807) is 11.3 Å². The van der Waals surface area contributed by atoms with Gasteiger partial charge in [0.2, 0.25) is 0 Å². The van der Waals surface area contributed by atoms with Crippen LogP contribution in [0.4, 0.5) is 0 Å². The zero-order valence-electron chi connectivity index (χ0n) is 14.2. The van der Waals surface area contributed by atoms with Gasteiger partial charge >= 0.3 is 0 Å². The first-order chi connectivity index (χ1) is 12.4. The molecule has 0 saturated carbocycles. The Bertz CT molecular complexity index is 758. The largest absolute Gasteiger partial charge is 0.314 e. The Hall–Kier alpha value is -2.01. The minimum atomic E-state index is 0.380. The quantitative estimate of drug-likeness (QED) is 0.752. The zero-order chi connectivity index (χ0) is 16.9. The topological polar surface area (TPSA) is 28.2 Å². The number of pyridine rings is 1. The fourth-order valence-electron chi connectivity index (χ4n) is 3.72. The van der Waals surface area contributed by atoms with Gasteiger partial charge in [-0.3, -0.25) is 9.88 Å². The van der Waals surface area contributed by atoms with Gasteiger partial charge in [0, 0.05) is 44.1 Å². The molecule has 0 radical (unpaired) electrons. The van der Waals surface area contributed by atoms with Gasteiger partial charge in [-0.25, -0.2) is 0 Å². The average Bonchev–Trinajstić information content (AvgIpc) is 3.22. The monoisotopic (exact) mass is 349 g/mol. The molecule has 1 saturated heterocycles. The van der Waals surface area contributed by atoms with Crippen molar-refractivity contribution in [2.24, 2.45) is 0 Å². The van der Waals surface area contributed by atoms with Crippen LogP contribution in [0.1, 0.15) is 28.8 Å². The van der Waals surface area contributed by atoms with E-state index >= 15 is 0 Å². The molecule has 1 aliphatic heterocycles. The summed E-state index contributed by atoms with van der Waals surface area (Å²) in [4.78, 5) is 6.86. The smallest absolute Gasteiger partial charge is 0.0480 e. The number of hydrogen-bond acceptors (Lipinski definition) is 4. The first-order valence-corrected chi connectivity index (χ1v) is 9.78. The summed E-state index contributed by atoms with van der Waals surface area (Å²) >= 11 is 1.79. The molecule has 2 unspecified atom stereocenters. The van der Waals surface area contributed by atoms with E-state index in [1.807, 2.05) is 12.4 Å². The van der Waals surface area contributed by atoms with Crippen LogP contribution in [0.3, 0.4) is 0 Å². The molecule has 1 aromatic carbocycles. The number of aromatic nitrogens is 1. The maximum atomic E-state index is 4.19. The highest BCUT2D eigenvalue weighted by molar-refractivity contribution is 7.07. The Morgan fingerprint density at radius 2 is 1.96 bits per heavy atom. The molecular formula is C21H23N3S. The molecule has 0 bridgehead atoms. The lowest BCUT2D eigenvalue weighted by Gasteiger charge is -2.42. The summed E-state index contributed by atoms with van der Waals surface area (Å²) in [5.41, 5.74) is 4.16. The highest BCUT2D eigenvalue weighted by Gasteiger charge is 2.31. The van der Waals surface area contributed by atoms with Gasteiger partial charge in [0.05, 0.1) is 0 Å². The fraction of sp³-hybridized carbons (Fsp3) is 0.286. The van der Waals surface area contributed by atoms with Crippen LogP contribution >= 0.6 is 11.3 Å². The molecular weight excluding hydrogens is 326 g/mol. The van der Waals surface area contributed by atoms with E-state index in [2.05, 4.69) is 74.5 Å². The first kappa shape index (κ1) is 16.5. The Morgan fingerprint density at radius 1 is 1.12 bits per heavy atom. The van der Waals surface area contributed by atoms with E-state index in [-0.39, 0.29) is 0 Å². The number of thiophene rings is 1. The van der Waals surface area contributed by atoms with Crippen molar-refractivity contribution in [1.29, 1.82) is 0 Å². The van der Waals surface area contributed by atoms with Crippen LogP contribution in [0.25, 0.3) is 0 Å². The third-order valence-corrected chi connectivity index (χ3v) is 5.68. The third kappa shape index (κ3) is 3.82. The molecule has 4 rings (SSSR count). The lowest BCUT2D eigenvalue weighted by atomic mass is 9.95. The number of rotatable bonds is 5. The summed E-state index contributed by atoms with van der Waals surface area (Å²) < 4.78 is 0. The normalized spacial score (nSPS) is 19.6. The van der Waals surface area contributed by atoms with Crippen LogP contribution in [0.5, 0.6) is 0 Å². The van der Waals surface area contributed by atoms with Gasteiger partial charge in [0.1, 0.15) is 0 Å². The van der Waals surface area contributed by atoms with E-state index in [1.165, 1.54) is 16.7 Å². The van der Waals surface area contributed by atoms with Crippen molar-refractivity contribution in [2.75, 3.05) is 19.6 Å². The van der Waals surface area contributed by atoms with Crippen LogP contribution in [-0.2, 0) is 6.42 Å². The maximum absolute atomic E-state index is 4.19. The number of hydrogen-bond donors (Lipinski definition) is 1. The highest BCUT2D eigenvalue weighted by Crippen LogP contribution is 2.34. The zero-order valence-corrected chi connectivity index (χ0v) is 15.0. The second-order valence-corrected chi connectivity index (χ2v) is 7.28. The van der Waals surface area contributed by atoms with E-state index in [9.17, 15) is 0 Å². The maximum Gasteiger partial charge on any atom is 0.0480 e. The predicted octanol–water partition coefficient (Wildman–Crippen LogP) is 4.07. The second-order valence-electron chi connectivity index (χ2n) is 6.50. The molecule has 128 valence electrons. The average molecular weight is 350 g/mol. The van der Waals surface area contributed by atoms with Gasteiger partial charge in [-0.05, 0) is 52.1 Å². The summed E-state index contributed by atoms with van der Waals surface area (Å²) in [6, 6.07) is 18.2. The standard InChI is InChI=1S/C21H23N3S/c1-2-4-17(5-3-1)14-20(19-8-13-25-16-19)24-12-11-23-15-21(24)18-6-9-22-10-7-18/h1-10,13,16,20-21,23H,11-12,14-15H2. The van der Waals surface area contributed by atoms with Gasteiger partial charge in [-0.2, -0.15) is 11.3 Å². The molecule has 0 spiro atoms. The Kier molecular flexibility index (Phi) is 5.21. The van der Waals surface area contributed by atoms with Crippen LogP contribution < -0.4 is 5.32 Å². The Labute approximate surface area is 153 Å². The summed E-state index contributed by atoms with van der Waals surface area (Å²) in [7, 11) is 0. The minimum absolute atomic E-state index is 0.380. The summed E-state index contributed by atoms with van der Waals surface area (Å²) in [6.07, 6.45) is 4.84. The molecule has 0 aliphatic carbocycles. The molecule has 2 aromatic heterocycles. The van der Waals surface area contributed by atoms with Crippen molar-refractivity contribution in [3.8, 4) is 0 Å². The molecule has 0 amide bonds. The van der Waals surface area contributed by atoms with Crippen molar-refractivity contribution in [2.45, 2.75) is 18.5 Å². The van der Waals surface area contributed by atoms with E-state index in [0.717, 1.165) is 26.1 Å². The first-order valence-electron chi connectivity index (χ1n) is 8.84. The number of nitrogens with one attached hydrogen (secondary N) is 1. The molecule has 1 fully saturated rings. The van der Waals surface area contributed by atoms with Crippen LogP contribution in [-0.4, -0.2) is 29.5 Å². The highest BCUT2D eigenvalue weighted by atomic mass is 32.1. The molecule has 2 atom stereocenters. The van der Waals surface area contributed by atoms with Crippen molar-refractivity contribution in [3.05, 3.63) is 88.4 Å². The fourth-order valence-corrected chi connectivity index (χ4v) is 4.42. The Balaban J connectivity index is 1.67. The Morgan fingerprint density at radius 3 is 2.72 bits per heavy atom. The van der Waals surface area contributed by atoms with Crippen LogP contribution in [0.2, 0.25) is 0 Å². The number of benzene rings is 1. The molecule has 3 nitrogen and oxygen atoms in total. The molecule has 3 aromatic rings. The van der Waals surface area contributed by atoms with Gasteiger partial charge in [-0.15, -0.1) is 0 Å². The van der Waals surface area contributed by atoms with Gasteiger partial charge in [0.25, 0.3) is 0 Å². The molecule has 3 heterocycles. The van der Waals surface area contributed by atoms with Gasteiger partial charge in [-0.1, -0.05) is 30.3 Å². The lowest BCUT2D eigenvalue weighted by molar-refractivity contribution is 0.105. The van der Waals surface area contributed by atoms with Crippen molar-refractivity contribution in [3.63, 3.8) is 0 Å². The summed E-state index contributed by atoms with van der Waals surface area (Å²) in [5.74, 6) is 0. The van der Waals surface area contributed by atoms with Crippen LogP contribution in [0.15, 0.2) is 71.7 Å². The number of nitrogens with zero attached hydrogens (tertiary/aromatic N) is 2. The van der Waals surface area contributed by atoms with Gasteiger partial charge in [0.15, 0.2) is 0 Å². The van der Waals surface area contributed by atoms with E-state index in [4.69, 9.17) is 0 Å².